The highest BCUT2D eigenvalue weighted by atomic mass is 14.9. The average Bonchev–Trinajstić information content (AvgIpc) is 2.61. The van der Waals surface area contributed by atoms with E-state index in [1.807, 2.05) is 0 Å². The van der Waals surface area contributed by atoms with Gasteiger partial charge in [-0.3, -0.25) is 0 Å². The normalized spacial score (nSPS) is 53.8. The van der Waals surface area contributed by atoms with Crippen LogP contribution in [0.5, 0.6) is 0 Å². The minimum absolute atomic E-state index is 0.259. The number of hydrogen-bond donors (Lipinski definition) is 1. The van der Waals surface area contributed by atoms with E-state index >= 15 is 0 Å². The first kappa shape index (κ1) is 8.55. The summed E-state index contributed by atoms with van der Waals surface area (Å²) < 4.78 is 0. The number of hydrogen-bond acceptors (Lipinski definition) is 1. The maximum atomic E-state index is 6.33. The number of nitrogens with two attached hydrogens (primary N) is 1. The first-order valence-electron chi connectivity index (χ1n) is 5.42. The minimum atomic E-state index is 0.259. The predicted octanol–water partition coefficient (Wildman–Crippen LogP) is 2.55. The van der Waals surface area contributed by atoms with Crippen LogP contribution < -0.4 is 5.73 Å². The summed E-state index contributed by atoms with van der Waals surface area (Å²) in [4.78, 5) is 0. The van der Waals surface area contributed by atoms with E-state index in [9.17, 15) is 0 Å². The fourth-order valence-corrected chi connectivity index (χ4v) is 2.96. The second-order valence-electron chi connectivity index (χ2n) is 5.19. The third-order valence-corrected chi connectivity index (χ3v) is 4.11. The first-order chi connectivity index (χ1) is 5.63. The molecule has 4 unspecified atom stereocenters. The van der Waals surface area contributed by atoms with Gasteiger partial charge in [0.15, 0.2) is 0 Å². The smallest absolute Gasteiger partial charge is 0.0212 e. The van der Waals surface area contributed by atoms with E-state index in [1.54, 1.807) is 0 Å². The fraction of sp³-hybridized carbons (Fsp3) is 1.00. The Hall–Kier alpha value is -0.0400. The molecule has 1 nitrogen and oxygen atoms in total. The molecule has 0 bridgehead atoms. The van der Waals surface area contributed by atoms with Crippen LogP contribution in [0, 0.1) is 17.8 Å². The molecule has 2 rings (SSSR count). The lowest BCUT2D eigenvalue weighted by molar-refractivity contribution is 0.227. The van der Waals surface area contributed by atoms with Gasteiger partial charge in [-0.05, 0) is 37.0 Å². The van der Waals surface area contributed by atoms with E-state index in [1.165, 1.54) is 32.1 Å². The molecule has 0 aromatic rings. The zero-order valence-corrected chi connectivity index (χ0v) is 8.34. The van der Waals surface area contributed by atoms with E-state index < -0.39 is 0 Å². The monoisotopic (exact) mass is 167 g/mol. The predicted molar refractivity (Wildman–Crippen MR) is 51.8 cm³/mol. The molecule has 0 amide bonds. The van der Waals surface area contributed by atoms with Gasteiger partial charge in [0, 0.05) is 5.54 Å². The molecule has 70 valence electrons. The molecule has 2 aliphatic carbocycles. The van der Waals surface area contributed by atoms with E-state index in [2.05, 4.69) is 13.8 Å². The molecule has 2 fully saturated rings. The molecule has 0 saturated heterocycles. The summed E-state index contributed by atoms with van der Waals surface area (Å²) in [7, 11) is 0. The van der Waals surface area contributed by atoms with Crippen molar-refractivity contribution in [2.75, 3.05) is 0 Å². The van der Waals surface area contributed by atoms with Crippen LogP contribution in [-0.4, -0.2) is 5.54 Å². The van der Waals surface area contributed by atoms with Crippen molar-refractivity contribution in [3.8, 4) is 0 Å². The van der Waals surface area contributed by atoms with Crippen molar-refractivity contribution in [1.29, 1.82) is 0 Å². The van der Waals surface area contributed by atoms with Crippen LogP contribution in [0.25, 0.3) is 0 Å². The van der Waals surface area contributed by atoms with Crippen LogP contribution in [0.15, 0.2) is 0 Å². The van der Waals surface area contributed by atoms with Crippen molar-refractivity contribution in [3.05, 3.63) is 0 Å². The van der Waals surface area contributed by atoms with Gasteiger partial charge in [0.25, 0.3) is 0 Å². The maximum absolute atomic E-state index is 6.33. The lowest BCUT2D eigenvalue weighted by Gasteiger charge is -2.32. The molecule has 1 heteroatoms. The highest BCUT2D eigenvalue weighted by Gasteiger charge is 2.53. The zero-order chi connectivity index (χ0) is 8.77. The standard InChI is InChI=1S/C11H21N/c1-8-4-3-5-10(6-8)11(12)7-9(11)2/h8-10H,3-7,12H2,1-2H3. The average molecular weight is 167 g/mol. The van der Waals surface area contributed by atoms with Gasteiger partial charge in [-0.25, -0.2) is 0 Å². The highest BCUT2D eigenvalue weighted by Crippen LogP contribution is 2.51. The first-order valence-corrected chi connectivity index (χ1v) is 5.42. The van der Waals surface area contributed by atoms with Gasteiger partial charge >= 0.3 is 0 Å². The summed E-state index contributed by atoms with van der Waals surface area (Å²) in [5, 5.41) is 0. The fourth-order valence-electron chi connectivity index (χ4n) is 2.96. The van der Waals surface area contributed by atoms with Crippen molar-refractivity contribution in [2.24, 2.45) is 23.5 Å². The molecule has 12 heavy (non-hydrogen) atoms. The second kappa shape index (κ2) is 2.73. The Balaban J connectivity index is 1.95. The van der Waals surface area contributed by atoms with Crippen molar-refractivity contribution in [2.45, 2.75) is 51.5 Å². The van der Waals surface area contributed by atoms with Crippen LogP contribution in [0.2, 0.25) is 0 Å². The van der Waals surface area contributed by atoms with Gasteiger partial charge in [-0.15, -0.1) is 0 Å². The van der Waals surface area contributed by atoms with Crippen molar-refractivity contribution in [1.82, 2.24) is 0 Å². The molecule has 0 aromatic heterocycles. The van der Waals surface area contributed by atoms with Crippen LogP contribution in [0.4, 0.5) is 0 Å². The lowest BCUT2D eigenvalue weighted by atomic mass is 9.77. The van der Waals surface area contributed by atoms with E-state index in [0.29, 0.717) is 0 Å². The van der Waals surface area contributed by atoms with E-state index in [0.717, 1.165) is 17.8 Å². The molecular weight excluding hydrogens is 146 g/mol. The van der Waals surface area contributed by atoms with E-state index in [-0.39, 0.29) is 5.54 Å². The maximum Gasteiger partial charge on any atom is 0.0212 e. The Morgan fingerprint density at radius 3 is 2.42 bits per heavy atom. The van der Waals surface area contributed by atoms with Crippen LogP contribution in [0.3, 0.4) is 0 Å². The molecule has 2 N–H and O–H groups in total. The molecule has 0 aromatic carbocycles. The molecule has 2 saturated carbocycles. The van der Waals surface area contributed by atoms with Crippen LogP contribution in [0.1, 0.15) is 46.0 Å². The van der Waals surface area contributed by atoms with Gasteiger partial charge in [-0.1, -0.05) is 26.7 Å². The molecule has 4 atom stereocenters. The van der Waals surface area contributed by atoms with Crippen LogP contribution >= 0.6 is 0 Å². The Kier molecular flexibility index (Phi) is 1.95. The molecule has 0 heterocycles. The largest absolute Gasteiger partial charge is 0.325 e. The Bertz CT molecular complexity index is 178. The van der Waals surface area contributed by atoms with Gasteiger partial charge in [0.05, 0.1) is 0 Å². The molecule has 0 spiro atoms. The summed E-state index contributed by atoms with van der Waals surface area (Å²) in [5.74, 6) is 2.57. The topological polar surface area (TPSA) is 26.0 Å². The quantitative estimate of drug-likeness (QED) is 0.638. The molecule has 0 aliphatic heterocycles. The van der Waals surface area contributed by atoms with Gasteiger partial charge < -0.3 is 5.73 Å². The van der Waals surface area contributed by atoms with Gasteiger partial charge in [-0.2, -0.15) is 0 Å². The summed E-state index contributed by atoms with van der Waals surface area (Å²) in [5.41, 5.74) is 6.59. The third-order valence-electron chi connectivity index (χ3n) is 4.11. The van der Waals surface area contributed by atoms with Crippen LogP contribution in [-0.2, 0) is 0 Å². The van der Waals surface area contributed by atoms with Gasteiger partial charge in [0.1, 0.15) is 0 Å². The van der Waals surface area contributed by atoms with Crippen molar-refractivity contribution < 1.29 is 0 Å². The minimum Gasteiger partial charge on any atom is -0.325 e. The summed E-state index contributed by atoms with van der Waals surface area (Å²) >= 11 is 0. The Morgan fingerprint density at radius 1 is 1.25 bits per heavy atom. The highest BCUT2D eigenvalue weighted by molar-refractivity contribution is 5.10. The Labute approximate surface area is 75.7 Å². The van der Waals surface area contributed by atoms with Gasteiger partial charge in [0.2, 0.25) is 0 Å². The molecule has 2 aliphatic rings. The second-order valence-corrected chi connectivity index (χ2v) is 5.19. The summed E-state index contributed by atoms with van der Waals surface area (Å²) in [6.07, 6.45) is 6.91. The summed E-state index contributed by atoms with van der Waals surface area (Å²) in [6, 6.07) is 0. The van der Waals surface area contributed by atoms with E-state index in [4.69, 9.17) is 5.73 Å². The van der Waals surface area contributed by atoms with Crippen molar-refractivity contribution >= 4 is 0 Å². The SMILES string of the molecule is CC1CCCC(C2(N)CC2C)C1. The molecule has 0 radical (unpaired) electrons. The molecular formula is C11H21N. The zero-order valence-electron chi connectivity index (χ0n) is 8.34. The lowest BCUT2D eigenvalue weighted by Crippen LogP contribution is -2.37. The number of rotatable bonds is 1. The summed E-state index contributed by atoms with van der Waals surface area (Å²) in [6.45, 7) is 4.68. The Morgan fingerprint density at radius 2 is 1.92 bits per heavy atom. The third kappa shape index (κ3) is 1.28. The van der Waals surface area contributed by atoms with Crippen molar-refractivity contribution in [3.63, 3.8) is 0 Å².